The van der Waals surface area contributed by atoms with Crippen molar-refractivity contribution in [3.8, 4) is 17.1 Å². The van der Waals surface area contributed by atoms with Gasteiger partial charge in [0, 0.05) is 17.0 Å². The molecule has 0 aliphatic carbocycles. The van der Waals surface area contributed by atoms with Gasteiger partial charge in [0.15, 0.2) is 5.82 Å². The van der Waals surface area contributed by atoms with Crippen molar-refractivity contribution in [3.05, 3.63) is 36.0 Å². The van der Waals surface area contributed by atoms with Gasteiger partial charge in [-0.05, 0) is 31.2 Å². The minimum absolute atomic E-state index is 0.101. The van der Waals surface area contributed by atoms with Crippen molar-refractivity contribution >= 4 is 23.6 Å². The predicted octanol–water partition coefficient (Wildman–Crippen LogP) is 3.07. The van der Waals surface area contributed by atoms with Crippen molar-refractivity contribution in [2.45, 2.75) is 38.3 Å². The van der Waals surface area contributed by atoms with E-state index < -0.39 is 0 Å². The second-order valence-corrected chi connectivity index (χ2v) is 8.24. The average Bonchev–Trinajstić information content (AvgIpc) is 3.28. The van der Waals surface area contributed by atoms with Crippen LogP contribution in [-0.4, -0.2) is 38.3 Å². The molecule has 154 valence electrons. The molecule has 1 amide bonds. The van der Waals surface area contributed by atoms with Gasteiger partial charge in [0.2, 0.25) is 16.9 Å². The Hall–Kier alpha value is -3.01. The van der Waals surface area contributed by atoms with Gasteiger partial charge in [-0.25, -0.2) is 4.68 Å². The number of benzene rings is 1. The van der Waals surface area contributed by atoms with Crippen molar-refractivity contribution < 1.29 is 14.1 Å². The summed E-state index contributed by atoms with van der Waals surface area (Å²) >= 11 is 1.18. The predicted molar refractivity (Wildman–Crippen MR) is 111 cm³/mol. The summed E-state index contributed by atoms with van der Waals surface area (Å²) in [6.07, 6.45) is 0. The fourth-order valence-corrected chi connectivity index (χ4v) is 3.09. The SMILES string of the molecule is CCOc1ccc(-c2nnc(SCC(=O)Nc3cc(C(C)(C)C)no3)n2N)cc1. The van der Waals surface area contributed by atoms with E-state index in [-0.39, 0.29) is 17.1 Å². The van der Waals surface area contributed by atoms with Crippen LogP contribution in [0.25, 0.3) is 11.4 Å². The van der Waals surface area contributed by atoms with Crippen LogP contribution in [0, 0.1) is 0 Å². The summed E-state index contributed by atoms with van der Waals surface area (Å²) in [7, 11) is 0. The highest BCUT2D eigenvalue weighted by Crippen LogP contribution is 2.25. The van der Waals surface area contributed by atoms with Gasteiger partial charge in [0.05, 0.1) is 18.1 Å². The summed E-state index contributed by atoms with van der Waals surface area (Å²) in [4.78, 5) is 12.2. The van der Waals surface area contributed by atoms with E-state index in [9.17, 15) is 4.79 Å². The molecule has 0 spiro atoms. The number of nitrogens with zero attached hydrogens (tertiary/aromatic N) is 4. The number of carbonyl (C=O) groups excluding carboxylic acids is 1. The van der Waals surface area contributed by atoms with Gasteiger partial charge >= 0.3 is 0 Å². The number of hydrogen-bond donors (Lipinski definition) is 2. The van der Waals surface area contributed by atoms with Crippen LogP contribution in [0.15, 0.2) is 40.0 Å². The first-order valence-electron chi connectivity index (χ1n) is 9.11. The van der Waals surface area contributed by atoms with E-state index in [1.54, 1.807) is 6.07 Å². The molecular formula is C19H24N6O3S. The number of aromatic nitrogens is 4. The lowest BCUT2D eigenvalue weighted by Crippen LogP contribution is -2.16. The van der Waals surface area contributed by atoms with Crippen LogP contribution in [0.1, 0.15) is 33.4 Å². The summed E-state index contributed by atoms with van der Waals surface area (Å²) < 4.78 is 12.0. The quantitative estimate of drug-likeness (QED) is 0.445. The maximum atomic E-state index is 12.2. The van der Waals surface area contributed by atoms with Gasteiger partial charge in [-0.2, -0.15) is 0 Å². The number of thioether (sulfide) groups is 1. The van der Waals surface area contributed by atoms with Gasteiger partial charge in [-0.15, -0.1) is 10.2 Å². The highest BCUT2D eigenvalue weighted by Gasteiger charge is 2.20. The number of amides is 1. The van der Waals surface area contributed by atoms with Gasteiger partial charge in [-0.1, -0.05) is 37.7 Å². The minimum atomic E-state index is -0.253. The molecule has 0 atom stereocenters. The Morgan fingerprint density at radius 2 is 2.00 bits per heavy atom. The number of anilines is 1. The highest BCUT2D eigenvalue weighted by molar-refractivity contribution is 7.99. The van der Waals surface area contributed by atoms with E-state index in [1.807, 2.05) is 52.0 Å². The summed E-state index contributed by atoms with van der Waals surface area (Å²) in [6, 6.07) is 9.12. The standard InChI is InChI=1S/C19H24N6O3S/c1-5-27-13-8-6-12(7-9-13)17-22-23-18(25(17)20)29-11-15(26)21-16-10-14(24-28-16)19(2,3)4/h6-10H,5,11,20H2,1-4H3,(H,21,26). The maximum Gasteiger partial charge on any atom is 0.237 e. The molecule has 0 saturated carbocycles. The molecule has 0 aliphatic heterocycles. The van der Waals surface area contributed by atoms with Gasteiger partial charge in [0.1, 0.15) is 5.75 Å². The Balaban J connectivity index is 1.60. The molecule has 3 aromatic rings. The summed E-state index contributed by atoms with van der Waals surface area (Å²) in [5.41, 5.74) is 1.41. The van der Waals surface area contributed by atoms with Crippen molar-refractivity contribution in [1.29, 1.82) is 0 Å². The zero-order valence-corrected chi connectivity index (χ0v) is 17.6. The first kappa shape index (κ1) is 20.7. The van der Waals surface area contributed by atoms with Crippen LogP contribution in [0.4, 0.5) is 5.88 Å². The second-order valence-electron chi connectivity index (χ2n) is 7.30. The largest absolute Gasteiger partial charge is 0.494 e. The molecular weight excluding hydrogens is 392 g/mol. The number of ether oxygens (including phenoxy) is 1. The Morgan fingerprint density at radius 3 is 2.62 bits per heavy atom. The molecule has 3 N–H and O–H groups in total. The lowest BCUT2D eigenvalue weighted by atomic mass is 9.92. The fourth-order valence-electron chi connectivity index (χ4n) is 2.43. The maximum absolute atomic E-state index is 12.2. The minimum Gasteiger partial charge on any atom is -0.494 e. The molecule has 29 heavy (non-hydrogen) atoms. The first-order valence-corrected chi connectivity index (χ1v) is 10.1. The lowest BCUT2D eigenvalue weighted by molar-refractivity contribution is -0.113. The third kappa shape index (κ3) is 5.08. The van der Waals surface area contributed by atoms with E-state index in [1.165, 1.54) is 16.4 Å². The molecule has 1 aromatic carbocycles. The number of nitrogen functional groups attached to an aromatic ring is 1. The number of hydrogen-bond acceptors (Lipinski definition) is 8. The Labute approximate surface area is 173 Å². The molecule has 10 heteroatoms. The van der Waals surface area contributed by atoms with Crippen molar-refractivity contribution in [3.63, 3.8) is 0 Å². The summed E-state index contributed by atoms with van der Waals surface area (Å²) in [5.74, 6) is 7.53. The normalized spacial score (nSPS) is 11.4. The number of carbonyl (C=O) groups is 1. The van der Waals surface area contributed by atoms with Crippen molar-refractivity contribution in [2.75, 3.05) is 23.5 Å². The monoisotopic (exact) mass is 416 g/mol. The number of nitrogens with two attached hydrogens (primary N) is 1. The molecule has 9 nitrogen and oxygen atoms in total. The van der Waals surface area contributed by atoms with E-state index >= 15 is 0 Å². The molecule has 0 fully saturated rings. The molecule has 0 unspecified atom stereocenters. The van der Waals surface area contributed by atoms with Crippen molar-refractivity contribution in [2.24, 2.45) is 0 Å². The summed E-state index contributed by atoms with van der Waals surface area (Å²) in [6.45, 7) is 8.57. The smallest absolute Gasteiger partial charge is 0.237 e. The molecule has 0 aliphatic rings. The summed E-state index contributed by atoms with van der Waals surface area (Å²) in [5, 5.41) is 15.3. The second kappa shape index (κ2) is 8.56. The van der Waals surface area contributed by atoms with Crippen LogP contribution in [0.5, 0.6) is 5.75 Å². The van der Waals surface area contributed by atoms with Crippen molar-refractivity contribution in [1.82, 2.24) is 20.0 Å². The van der Waals surface area contributed by atoms with E-state index in [0.717, 1.165) is 17.0 Å². The zero-order valence-electron chi connectivity index (χ0n) is 16.8. The third-order valence-electron chi connectivity index (χ3n) is 3.96. The molecule has 3 rings (SSSR count). The fraction of sp³-hybridized carbons (Fsp3) is 0.368. The zero-order chi connectivity index (χ0) is 21.0. The molecule has 0 radical (unpaired) electrons. The Bertz CT molecular complexity index is 975. The van der Waals surface area contributed by atoms with Gasteiger partial charge < -0.3 is 15.1 Å². The average molecular weight is 417 g/mol. The van der Waals surface area contributed by atoms with Crippen LogP contribution < -0.4 is 15.9 Å². The van der Waals surface area contributed by atoms with E-state index in [0.29, 0.717) is 23.5 Å². The number of nitrogens with one attached hydrogen (secondary N) is 1. The number of rotatable bonds is 7. The third-order valence-corrected chi connectivity index (χ3v) is 4.90. The van der Waals surface area contributed by atoms with Crippen LogP contribution in [0.2, 0.25) is 0 Å². The van der Waals surface area contributed by atoms with E-state index in [4.69, 9.17) is 15.1 Å². The Morgan fingerprint density at radius 1 is 1.28 bits per heavy atom. The molecule has 0 bridgehead atoms. The van der Waals surface area contributed by atoms with Gasteiger partial charge in [0.25, 0.3) is 0 Å². The molecule has 2 heterocycles. The van der Waals surface area contributed by atoms with E-state index in [2.05, 4.69) is 20.7 Å². The van der Waals surface area contributed by atoms with Crippen LogP contribution in [-0.2, 0) is 10.2 Å². The molecule has 0 saturated heterocycles. The van der Waals surface area contributed by atoms with Gasteiger partial charge in [-0.3, -0.25) is 10.1 Å². The Kier molecular flexibility index (Phi) is 6.12. The first-order chi connectivity index (χ1) is 13.8. The highest BCUT2D eigenvalue weighted by atomic mass is 32.2. The van der Waals surface area contributed by atoms with Crippen LogP contribution in [0.3, 0.4) is 0 Å². The van der Waals surface area contributed by atoms with Crippen LogP contribution >= 0.6 is 11.8 Å². The lowest BCUT2D eigenvalue weighted by Gasteiger charge is -2.12. The topological polar surface area (TPSA) is 121 Å². The molecule has 2 aromatic heterocycles.